The quantitative estimate of drug-likeness (QED) is 0.506. The maximum absolute atomic E-state index is 13.1. The Morgan fingerprint density at radius 3 is 2.66 bits per heavy atom. The number of hydrogen-bond donors (Lipinski definition) is 1. The van der Waals surface area contributed by atoms with Crippen LogP contribution in [-0.4, -0.2) is 16.8 Å². The Bertz CT molecular complexity index is 1370. The van der Waals surface area contributed by atoms with Crippen LogP contribution in [0.1, 0.15) is 12.5 Å². The van der Waals surface area contributed by atoms with E-state index in [1.54, 1.807) is 18.2 Å². The highest BCUT2D eigenvalue weighted by Gasteiger charge is 2.22. The van der Waals surface area contributed by atoms with Crippen LogP contribution in [0.4, 0.5) is 0 Å². The van der Waals surface area contributed by atoms with E-state index in [0.29, 0.717) is 23.2 Å². The Hall–Kier alpha value is -3.19. The number of methoxy groups -OCH3 is 1. The highest BCUT2D eigenvalue weighted by molar-refractivity contribution is 7.99. The number of ether oxygens (including phenoxy) is 1. The third-order valence-corrected chi connectivity index (χ3v) is 5.84. The lowest BCUT2D eigenvalue weighted by molar-refractivity contribution is 0.415. The van der Waals surface area contributed by atoms with Gasteiger partial charge in [0, 0.05) is 16.8 Å². The standard InChI is InChI=1S/C22H19NO5S/c1-4-23-16-9-8-13(27-3)11-15(16)19-17(21(23)25)18(24)20(22(26)28-19)29-14-7-5-6-12(2)10-14/h5-11,24H,4H2,1-3H3. The number of aryl methyl sites for hydroxylation is 2. The molecule has 2 aromatic carbocycles. The number of benzene rings is 2. The summed E-state index contributed by atoms with van der Waals surface area (Å²) in [5.41, 5.74) is 0.579. The van der Waals surface area contributed by atoms with Crippen molar-refractivity contribution in [2.45, 2.75) is 30.2 Å². The molecular formula is C22H19NO5S. The minimum absolute atomic E-state index is 0.00917. The van der Waals surface area contributed by atoms with Gasteiger partial charge in [0.05, 0.1) is 12.6 Å². The molecule has 0 saturated heterocycles. The van der Waals surface area contributed by atoms with E-state index in [0.717, 1.165) is 22.2 Å². The molecular weight excluding hydrogens is 390 g/mol. The largest absolute Gasteiger partial charge is 0.505 e. The molecule has 0 aliphatic heterocycles. The van der Waals surface area contributed by atoms with E-state index in [2.05, 4.69) is 0 Å². The third kappa shape index (κ3) is 3.17. The summed E-state index contributed by atoms with van der Waals surface area (Å²) in [6.07, 6.45) is 0. The van der Waals surface area contributed by atoms with Crippen LogP contribution in [0.2, 0.25) is 0 Å². The second-order valence-electron chi connectivity index (χ2n) is 6.62. The Balaban J connectivity index is 2.08. The number of nitrogens with zero attached hydrogens (tertiary/aromatic N) is 1. The zero-order chi connectivity index (χ0) is 20.7. The molecule has 0 fully saturated rings. The van der Waals surface area contributed by atoms with E-state index in [4.69, 9.17) is 9.15 Å². The normalized spacial score (nSPS) is 11.3. The first-order valence-electron chi connectivity index (χ1n) is 9.09. The molecule has 29 heavy (non-hydrogen) atoms. The molecule has 1 N–H and O–H groups in total. The second kappa shape index (κ2) is 7.33. The van der Waals surface area contributed by atoms with E-state index in [1.807, 2.05) is 38.1 Å². The van der Waals surface area contributed by atoms with E-state index in [9.17, 15) is 14.7 Å². The van der Waals surface area contributed by atoms with E-state index in [1.165, 1.54) is 11.7 Å². The molecule has 2 aromatic heterocycles. The number of hydrogen-bond acceptors (Lipinski definition) is 6. The predicted octanol–water partition coefficient (Wildman–Crippen LogP) is 4.30. The Morgan fingerprint density at radius 1 is 1.17 bits per heavy atom. The van der Waals surface area contributed by atoms with Crippen LogP contribution in [0.5, 0.6) is 11.5 Å². The summed E-state index contributed by atoms with van der Waals surface area (Å²) >= 11 is 1.08. The first kappa shape index (κ1) is 19.1. The van der Waals surface area contributed by atoms with Crippen molar-refractivity contribution in [1.29, 1.82) is 0 Å². The van der Waals surface area contributed by atoms with E-state index >= 15 is 0 Å². The summed E-state index contributed by atoms with van der Waals surface area (Å²) in [7, 11) is 1.53. The van der Waals surface area contributed by atoms with Gasteiger partial charge in [-0.2, -0.15) is 0 Å². The molecule has 4 aromatic rings. The van der Waals surface area contributed by atoms with Crippen molar-refractivity contribution >= 4 is 33.6 Å². The number of aromatic hydroxyl groups is 1. The van der Waals surface area contributed by atoms with Crippen LogP contribution in [0.3, 0.4) is 0 Å². The zero-order valence-corrected chi connectivity index (χ0v) is 17.0. The lowest BCUT2D eigenvalue weighted by Crippen LogP contribution is -2.21. The van der Waals surface area contributed by atoms with Crippen LogP contribution in [0.25, 0.3) is 21.9 Å². The molecule has 0 bridgehead atoms. The fraction of sp³-hybridized carbons (Fsp3) is 0.182. The predicted molar refractivity (Wildman–Crippen MR) is 113 cm³/mol. The molecule has 0 aliphatic carbocycles. The second-order valence-corrected chi connectivity index (χ2v) is 7.71. The van der Waals surface area contributed by atoms with Crippen molar-refractivity contribution < 1.29 is 14.3 Å². The van der Waals surface area contributed by atoms with Crippen LogP contribution >= 0.6 is 11.8 Å². The molecule has 0 radical (unpaired) electrons. The first-order chi connectivity index (χ1) is 13.9. The van der Waals surface area contributed by atoms with Gasteiger partial charge in [-0.15, -0.1) is 0 Å². The first-order valence-corrected chi connectivity index (χ1v) is 9.91. The van der Waals surface area contributed by atoms with E-state index in [-0.39, 0.29) is 21.6 Å². The van der Waals surface area contributed by atoms with Crippen molar-refractivity contribution in [1.82, 2.24) is 4.57 Å². The average Bonchev–Trinajstić information content (AvgIpc) is 2.71. The summed E-state index contributed by atoms with van der Waals surface area (Å²) in [5.74, 6) is 0.195. The molecule has 4 rings (SSSR count). The molecule has 0 aliphatic rings. The van der Waals surface area contributed by atoms with Crippen molar-refractivity contribution in [3.8, 4) is 11.5 Å². The zero-order valence-electron chi connectivity index (χ0n) is 16.2. The summed E-state index contributed by atoms with van der Waals surface area (Å²) in [4.78, 5) is 26.6. The van der Waals surface area contributed by atoms with Crippen LogP contribution in [0.15, 0.2) is 66.3 Å². The molecule has 0 amide bonds. The number of rotatable bonds is 4. The number of aromatic nitrogens is 1. The van der Waals surface area contributed by atoms with Gasteiger partial charge in [-0.1, -0.05) is 29.5 Å². The van der Waals surface area contributed by atoms with Crippen LogP contribution in [0, 0.1) is 6.92 Å². The molecule has 0 unspecified atom stereocenters. The van der Waals surface area contributed by atoms with Crippen LogP contribution < -0.4 is 15.9 Å². The van der Waals surface area contributed by atoms with Gasteiger partial charge in [-0.3, -0.25) is 4.79 Å². The van der Waals surface area contributed by atoms with Crippen LogP contribution in [-0.2, 0) is 6.54 Å². The highest BCUT2D eigenvalue weighted by Crippen LogP contribution is 2.37. The minimum atomic E-state index is -0.695. The van der Waals surface area contributed by atoms with Gasteiger partial charge in [0.15, 0.2) is 11.3 Å². The molecule has 7 heteroatoms. The Kier molecular flexibility index (Phi) is 4.84. The molecule has 6 nitrogen and oxygen atoms in total. The van der Waals surface area contributed by atoms with Gasteiger partial charge < -0.3 is 18.8 Å². The third-order valence-electron chi connectivity index (χ3n) is 4.78. The monoisotopic (exact) mass is 409 g/mol. The SMILES string of the molecule is CCn1c(=O)c2c(O)c(Sc3cccc(C)c3)c(=O)oc2c2cc(OC)ccc21. The molecule has 0 spiro atoms. The summed E-state index contributed by atoms with van der Waals surface area (Å²) < 4.78 is 12.4. The fourth-order valence-corrected chi connectivity index (χ4v) is 4.35. The van der Waals surface area contributed by atoms with E-state index < -0.39 is 11.2 Å². The van der Waals surface area contributed by atoms with Crippen molar-refractivity contribution in [2.24, 2.45) is 0 Å². The van der Waals surface area contributed by atoms with Gasteiger partial charge in [0.2, 0.25) is 0 Å². The summed E-state index contributed by atoms with van der Waals surface area (Å²) in [6, 6.07) is 12.7. The average molecular weight is 409 g/mol. The van der Waals surface area contributed by atoms with Gasteiger partial charge in [0.25, 0.3) is 5.56 Å². The molecule has 0 atom stereocenters. The Labute approximate surface area is 170 Å². The van der Waals surface area contributed by atoms with Crippen molar-refractivity contribution in [3.63, 3.8) is 0 Å². The minimum Gasteiger partial charge on any atom is -0.505 e. The maximum Gasteiger partial charge on any atom is 0.354 e. The van der Waals surface area contributed by atoms with Crippen molar-refractivity contribution in [3.05, 3.63) is 68.8 Å². The summed E-state index contributed by atoms with van der Waals surface area (Å²) in [5, 5.41) is 11.4. The number of fused-ring (bicyclic) bond motifs is 3. The van der Waals surface area contributed by atoms with Gasteiger partial charge in [-0.05, 0) is 44.2 Å². The lowest BCUT2D eigenvalue weighted by Gasteiger charge is -2.13. The molecule has 0 saturated carbocycles. The van der Waals surface area contributed by atoms with Gasteiger partial charge in [-0.25, -0.2) is 4.79 Å². The number of pyridine rings is 1. The Morgan fingerprint density at radius 2 is 1.97 bits per heavy atom. The van der Waals surface area contributed by atoms with Gasteiger partial charge >= 0.3 is 5.63 Å². The lowest BCUT2D eigenvalue weighted by atomic mass is 10.1. The maximum atomic E-state index is 13.1. The molecule has 148 valence electrons. The van der Waals surface area contributed by atoms with Crippen molar-refractivity contribution in [2.75, 3.05) is 7.11 Å². The van der Waals surface area contributed by atoms with Gasteiger partial charge in [0.1, 0.15) is 16.0 Å². The fourth-order valence-electron chi connectivity index (χ4n) is 3.40. The topological polar surface area (TPSA) is 81.7 Å². The highest BCUT2D eigenvalue weighted by atomic mass is 32.2. The molecule has 2 heterocycles. The smallest absolute Gasteiger partial charge is 0.354 e. The summed E-state index contributed by atoms with van der Waals surface area (Å²) in [6.45, 7) is 4.18.